The highest BCUT2D eigenvalue weighted by molar-refractivity contribution is 5.09. The summed E-state index contributed by atoms with van der Waals surface area (Å²) in [6.45, 7) is 4.76. The molecule has 0 aliphatic heterocycles. The molecule has 3 atom stereocenters. The van der Waals surface area contributed by atoms with Gasteiger partial charge in [0, 0.05) is 0 Å². The first kappa shape index (κ1) is 5.76. The second kappa shape index (κ2) is 1.53. The maximum Gasteiger partial charge on any atom is -0.0241 e. The molecule has 0 aromatic heterocycles. The van der Waals surface area contributed by atoms with E-state index in [-0.39, 0.29) is 0 Å². The molecule has 0 saturated heterocycles. The van der Waals surface area contributed by atoms with Gasteiger partial charge in [-0.25, -0.2) is 0 Å². The van der Waals surface area contributed by atoms with E-state index in [1.54, 1.807) is 12.8 Å². The summed E-state index contributed by atoms with van der Waals surface area (Å²) in [7, 11) is 0. The van der Waals surface area contributed by atoms with E-state index >= 15 is 0 Å². The standard InChI is InChI=1S/C9H16/c1-3-8-4-5-9(8)6-7(9)2/h7-8H,3-6H2,1-2H3. The highest BCUT2D eigenvalue weighted by atomic mass is 14.6. The summed E-state index contributed by atoms with van der Waals surface area (Å²) in [4.78, 5) is 0. The van der Waals surface area contributed by atoms with Crippen LogP contribution in [0.25, 0.3) is 0 Å². The lowest BCUT2D eigenvalue weighted by molar-refractivity contribution is 0.126. The third-order valence-corrected chi connectivity index (χ3v) is 3.77. The second-order valence-electron chi connectivity index (χ2n) is 3.98. The van der Waals surface area contributed by atoms with Crippen LogP contribution >= 0.6 is 0 Å². The molecule has 0 radical (unpaired) electrons. The molecule has 0 heterocycles. The molecule has 0 heteroatoms. The largest absolute Gasteiger partial charge is 0.0651 e. The first-order valence-electron chi connectivity index (χ1n) is 4.29. The van der Waals surface area contributed by atoms with Crippen LogP contribution in [-0.2, 0) is 0 Å². The Labute approximate surface area is 57.6 Å². The molecule has 2 fully saturated rings. The molecule has 0 N–H and O–H groups in total. The zero-order valence-electron chi connectivity index (χ0n) is 6.48. The van der Waals surface area contributed by atoms with Crippen LogP contribution in [0.15, 0.2) is 0 Å². The summed E-state index contributed by atoms with van der Waals surface area (Å²) in [6, 6.07) is 0. The van der Waals surface area contributed by atoms with E-state index in [1.807, 2.05) is 0 Å². The highest BCUT2D eigenvalue weighted by Crippen LogP contribution is 2.69. The molecule has 0 amide bonds. The van der Waals surface area contributed by atoms with Crippen LogP contribution in [0.2, 0.25) is 0 Å². The van der Waals surface area contributed by atoms with Crippen molar-refractivity contribution in [3.8, 4) is 0 Å². The van der Waals surface area contributed by atoms with Crippen molar-refractivity contribution in [2.24, 2.45) is 17.3 Å². The fourth-order valence-electron chi connectivity index (χ4n) is 2.76. The van der Waals surface area contributed by atoms with Gasteiger partial charge in [0.25, 0.3) is 0 Å². The molecule has 2 aliphatic rings. The molecule has 3 unspecified atom stereocenters. The van der Waals surface area contributed by atoms with Crippen molar-refractivity contribution < 1.29 is 0 Å². The van der Waals surface area contributed by atoms with Crippen molar-refractivity contribution in [2.45, 2.75) is 39.5 Å². The average molecular weight is 124 g/mol. The van der Waals surface area contributed by atoms with Gasteiger partial charge in [0.15, 0.2) is 0 Å². The van der Waals surface area contributed by atoms with Gasteiger partial charge in [-0.1, -0.05) is 20.3 Å². The molecule has 9 heavy (non-hydrogen) atoms. The predicted octanol–water partition coefficient (Wildman–Crippen LogP) is 2.83. The third-order valence-electron chi connectivity index (χ3n) is 3.77. The molecule has 0 bridgehead atoms. The summed E-state index contributed by atoms with van der Waals surface area (Å²) >= 11 is 0. The first-order chi connectivity index (χ1) is 4.29. The van der Waals surface area contributed by atoms with E-state index in [9.17, 15) is 0 Å². The SMILES string of the molecule is CCC1CCC12CC2C. The minimum Gasteiger partial charge on any atom is -0.0651 e. The number of rotatable bonds is 1. The lowest BCUT2D eigenvalue weighted by atomic mass is 9.68. The van der Waals surface area contributed by atoms with Gasteiger partial charge in [-0.05, 0) is 36.5 Å². The Hall–Kier alpha value is 0. The van der Waals surface area contributed by atoms with Gasteiger partial charge < -0.3 is 0 Å². The molecular weight excluding hydrogens is 108 g/mol. The molecular formula is C9H16. The normalized spacial score (nSPS) is 55.3. The van der Waals surface area contributed by atoms with E-state index in [4.69, 9.17) is 0 Å². The maximum atomic E-state index is 2.42. The lowest BCUT2D eigenvalue weighted by Gasteiger charge is -2.37. The van der Waals surface area contributed by atoms with Crippen LogP contribution in [0.1, 0.15) is 39.5 Å². The van der Waals surface area contributed by atoms with Gasteiger partial charge in [0.1, 0.15) is 0 Å². The Kier molecular flexibility index (Phi) is 0.980. The number of hydrogen-bond acceptors (Lipinski definition) is 0. The van der Waals surface area contributed by atoms with Gasteiger partial charge in [-0.2, -0.15) is 0 Å². The van der Waals surface area contributed by atoms with E-state index < -0.39 is 0 Å². The van der Waals surface area contributed by atoms with E-state index in [0.29, 0.717) is 0 Å². The van der Waals surface area contributed by atoms with Crippen LogP contribution in [0, 0.1) is 17.3 Å². The quantitative estimate of drug-likeness (QED) is 0.504. The Morgan fingerprint density at radius 1 is 1.56 bits per heavy atom. The van der Waals surface area contributed by atoms with Crippen molar-refractivity contribution in [1.29, 1.82) is 0 Å². The maximum absolute atomic E-state index is 2.42. The summed E-state index contributed by atoms with van der Waals surface area (Å²) in [5, 5.41) is 0. The minimum absolute atomic E-state index is 0.898. The van der Waals surface area contributed by atoms with Crippen molar-refractivity contribution >= 4 is 0 Å². The third kappa shape index (κ3) is 0.544. The van der Waals surface area contributed by atoms with E-state index in [1.165, 1.54) is 12.8 Å². The fourth-order valence-corrected chi connectivity index (χ4v) is 2.76. The smallest absolute Gasteiger partial charge is 0.0241 e. The molecule has 1 spiro atoms. The van der Waals surface area contributed by atoms with Crippen LogP contribution in [0.3, 0.4) is 0 Å². The zero-order chi connectivity index (χ0) is 6.48. The first-order valence-corrected chi connectivity index (χ1v) is 4.29. The molecule has 2 rings (SSSR count). The summed E-state index contributed by atoms with van der Waals surface area (Å²) < 4.78 is 0. The van der Waals surface area contributed by atoms with Crippen molar-refractivity contribution in [1.82, 2.24) is 0 Å². The highest BCUT2D eigenvalue weighted by Gasteiger charge is 2.60. The molecule has 52 valence electrons. The Morgan fingerprint density at radius 3 is 2.33 bits per heavy atom. The number of hydrogen-bond donors (Lipinski definition) is 0. The molecule has 2 saturated carbocycles. The molecule has 2 aliphatic carbocycles. The Balaban J connectivity index is 2.00. The predicted molar refractivity (Wildman–Crippen MR) is 39.2 cm³/mol. The van der Waals surface area contributed by atoms with Crippen LogP contribution in [0.5, 0.6) is 0 Å². The Morgan fingerprint density at radius 2 is 2.22 bits per heavy atom. The second-order valence-corrected chi connectivity index (χ2v) is 3.98. The van der Waals surface area contributed by atoms with E-state index in [0.717, 1.165) is 17.3 Å². The van der Waals surface area contributed by atoms with Crippen molar-refractivity contribution in [3.63, 3.8) is 0 Å². The van der Waals surface area contributed by atoms with Gasteiger partial charge in [0.2, 0.25) is 0 Å². The topological polar surface area (TPSA) is 0 Å². The summed E-state index contributed by atoms with van der Waals surface area (Å²) in [6.07, 6.45) is 6.06. The Bertz CT molecular complexity index is 122. The van der Waals surface area contributed by atoms with Crippen LogP contribution < -0.4 is 0 Å². The van der Waals surface area contributed by atoms with Crippen molar-refractivity contribution in [2.75, 3.05) is 0 Å². The van der Waals surface area contributed by atoms with E-state index in [2.05, 4.69) is 13.8 Å². The lowest BCUT2D eigenvalue weighted by Crippen LogP contribution is -2.28. The fraction of sp³-hybridized carbons (Fsp3) is 1.00. The van der Waals surface area contributed by atoms with Crippen molar-refractivity contribution in [3.05, 3.63) is 0 Å². The van der Waals surface area contributed by atoms with Gasteiger partial charge in [0.05, 0.1) is 0 Å². The molecule has 0 nitrogen and oxygen atoms in total. The zero-order valence-corrected chi connectivity index (χ0v) is 6.48. The molecule has 0 aromatic carbocycles. The molecule has 0 aromatic rings. The van der Waals surface area contributed by atoms with Crippen LogP contribution in [0.4, 0.5) is 0 Å². The van der Waals surface area contributed by atoms with Gasteiger partial charge in [-0.15, -0.1) is 0 Å². The monoisotopic (exact) mass is 124 g/mol. The summed E-state index contributed by atoms with van der Waals surface area (Å²) in [5.41, 5.74) is 0.898. The van der Waals surface area contributed by atoms with Crippen LogP contribution in [-0.4, -0.2) is 0 Å². The minimum atomic E-state index is 0.898. The van der Waals surface area contributed by atoms with Gasteiger partial charge >= 0.3 is 0 Å². The van der Waals surface area contributed by atoms with Gasteiger partial charge in [-0.3, -0.25) is 0 Å². The summed E-state index contributed by atoms with van der Waals surface area (Å²) in [5.74, 6) is 2.20. The average Bonchev–Trinajstić information content (AvgIpc) is 2.43.